The SMILES string of the molecule is Cc1cccc(N2C(=O)C(O)=C(C(=O)c3cccs3)C2c2cccc(OCC(C)C)c2)c1. The van der Waals surface area contributed by atoms with Crippen LogP contribution in [0.1, 0.15) is 40.7 Å². The van der Waals surface area contributed by atoms with Crippen LogP contribution in [0.25, 0.3) is 0 Å². The van der Waals surface area contributed by atoms with E-state index in [1.807, 2.05) is 55.5 Å². The first-order chi connectivity index (χ1) is 15.4. The summed E-state index contributed by atoms with van der Waals surface area (Å²) in [7, 11) is 0. The lowest BCUT2D eigenvalue weighted by Gasteiger charge is -2.27. The average molecular weight is 448 g/mol. The number of nitrogens with zero attached hydrogens (tertiary/aromatic N) is 1. The van der Waals surface area contributed by atoms with Crippen LogP contribution in [0.5, 0.6) is 5.75 Å². The van der Waals surface area contributed by atoms with Gasteiger partial charge in [-0.15, -0.1) is 11.3 Å². The third kappa shape index (κ3) is 4.18. The number of thiophene rings is 1. The second-order valence-electron chi connectivity index (χ2n) is 8.26. The van der Waals surface area contributed by atoms with E-state index in [4.69, 9.17) is 4.74 Å². The van der Waals surface area contributed by atoms with Crippen LogP contribution in [-0.4, -0.2) is 23.4 Å². The summed E-state index contributed by atoms with van der Waals surface area (Å²) in [5, 5.41) is 12.6. The van der Waals surface area contributed by atoms with Crippen LogP contribution in [-0.2, 0) is 4.79 Å². The quantitative estimate of drug-likeness (QED) is 0.460. The van der Waals surface area contributed by atoms with E-state index in [-0.39, 0.29) is 11.4 Å². The number of ketones is 1. The fourth-order valence-electron chi connectivity index (χ4n) is 3.77. The zero-order valence-corrected chi connectivity index (χ0v) is 19.1. The summed E-state index contributed by atoms with van der Waals surface area (Å²) in [6, 6.07) is 17.6. The molecule has 0 radical (unpaired) electrons. The van der Waals surface area contributed by atoms with Crippen LogP contribution in [0.2, 0.25) is 0 Å². The number of Topliss-reactive ketones (excluding diaryl/α,β-unsaturated/α-hetero) is 1. The standard InChI is InChI=1S/C26H25NO4S/c1-16(2)15-31-20-10-5-8-18(14-20)23-22(24(28)21-11-6-12-32-21)25(29)26(30)27(23)19-9-4-7-17(3)13-19/h4-14,16,23,29H,15H2,1-3H3. The van der Waals surface area contributed by atoms with Gasteiger partial charge in [-0.05, 0) is 59.7 Å². The molecule has 0 aliphatic carbocycles. The van der Waals surface area contributed by atoms with Crippen molar-refractivity contribution in [3.63, 3.8) is 0 Å². The minimum Gasteiger partial charge on any atom is -0.503 e. The number of hydrogen-bond acceptors (Lipinski definition) is 5. The van der Waals surface area contributed by atoms with E-state index >= 15 is 0 Å². The Balaban J connectivity index is 1.83. The van der Waals surface area contributed by atoms with E-state index in [9.17, 15) is 14.7 Å². The number of anilines is 1. The highest BCUT2D eigenvalue weighted by Crippen LogP contribution is 2.43. The monoisotopic (exact) mass is 447 g/mol. The van der Waals surface area contributed by atoms with Crippen molar-refractivity contribution in [2.24, 2.45) is 5.92 Å². The van der Waals surface area contributed by atoms with E-state index in [0.29, 0.717) is 34.4 Å². The summed E-state index contributed by atoms with van der Waals surface area (Å²) in [6.07, 6.45) is 0. The lowest BCUT2D eigenvalue weighted by Crippen LogP contribution is -2.31. The first-order valence-electron chi connectivity index (χ1n) is 10.5. The van der Waals surface area contributed by atoms with E-state index in [1.165, 1.54) is 16.2 Å². The molecule has 1 aliphatic rings. The highest BCUT2D eigenvalue weighted by molar-refractivity contribution is 7.12. The van der Waals surface area contributed by atoms with Crippen LogP contribution in [0, 0.1) is 12.8 Å². The third-order valence-corrected chi connectivity index (χ3v) is 6.10. The Kier molecular flexibility index (Phi) is 6.15. The van der Waals surface area contributed by atoms with Gasteiger partial charge < -0.3 is 9.84 Å². The number of amides is 1. The first-order valence-corrected chi connectivity index (χ1v) is 11.4. The summed E-state index contributed by atoms with van der Waals surface area (Å²) in [4.78, 5) is 28.6. The van der Waals surface area contributed by atoms with Crippen LogP contribution in [0.4, 0.5) is 5.69 Å². The highest BCUT2D eigenvalue weighted by Gasteiger charge is 2.45. The van der Waals surface area contributed by atoms with Crippen LogP contribution < -0.4 is 9.64 Å². The Labute approximate surface area is 191 Å². The van der Waals surface area contributed by atoms with Crippen LogP contribution >= 0.6 is 11.3 Å². The van der Waals surface area contributed by atoms with Gasteiger partial charge in [0.15, 0.2) is 5.76 Å². The van der Waals surface area contributed by atoms with Gasteiger partial charge in [-0.2, -0.15) is 0 Å². The molecule has 1 aliphatic heterocycles. The first kappa shape index (κ1) is 21.8. The predicted molar refractivity (Wildman–Crippen MR) is 126 cm³/mol. The molecule has 1 amide bonds. The molecule has 5 nitrogen and oxygen atoms in total. The molecule has 0 bridgehead atoms. The van der Waals surface area contributed by atoms with Gasteiger partial charge in [-0.25, -0.2) is 0 Å². The van der Waals surface area contributed by atoms with Crippen molar-refractivity contribution in [1.29, 1.82) is 0 Å². The summed E-state index contributed by atoms with van der Waals surface area (Å²) in [6.45, 7) is 6.62. The van der Waals surface area contributed by atoms with Crippen molar-refractivity contribution in [1.82, 2.24) is 0 Å². The van der Waals surface area contributed by atoms with Crippen LogP contribution in [0.3, 0.4) is 0 Å². The number of hydrogen-bond donors (Lipinski definition) is 1. The summed E-state index contributed by atoms with van der Waals surface area (Å²) in [5.41, 5.74) is 2.37. The maximum absolute atomic E-state index is 13.4. The zero-order chi connectivity index (χ0) is 22.8. The molecule has 0 saturated heterocycles. The van der Waals surface area contributed by atoms with Crippen LogP contribution in [0.15, 0.2) is 77.4 Å². The Bertz CT molecular complexity index is 1180. The summed E-state index contributed by atoms with van der Waals surface area (Å²) in [5.74, 6) is -0.436. The summed E-state index contributed by atoms with van der Waals surface area (Å²) >= 11 is 1.28. The van der Waals surface area contributed by atoms with E-state index < -0.39 is 17.7 Å². The molecule has 0 fully saturated rings. The molecule has 1 aromatic heterocycles. The van der Waals surface area contributed by atoms with Gasteiger partial charge in [0, 0.05) is 5.69 Å². The second kappa shape index (κ2) is 9.01. The number of aryl methyl sites for hydroxylation is 1. The minimum atomic E-state index is -0.763. The van der Waals surface area contributed by atoms with Crippen molar-refractivity contribution in [3.05, 3.63) is 93.4 Å². The molecule has 3 aromatic rings. The zero-order valence-electron chi connectivity index (χ0n) is 18.2. The Morgan fingerprint density at radius 1 is 1.12 bits per heavy atom. The van der Waals surface area contributed by atoms with E-state index in [2.05, 4.69) is 13.8 Å². The van der Waals surface area contributed by atoms with Gasteiger partial charge in [-0.3, -0.25) is 14.5 Å². The van der Waals surface area contributed by atoms with Crippen molar-refractivity contribution >= 4 is 28.7 Å². The molecule has 1 N–H and O–H groups in total. The van der Waals surface area contributed by atoms with Gasteiger partial charge in [0.25, 0.3) is 5.91 Å². The maximum Gasteiger partial charge on any atom is 0.294 e. The van der Waals surface area contributed by atoms with Crippen molar-refractivity contribution in [2.45, 2.75) is 26.8 Å². The molecule has 32 heavy (non-hydrogen) atoms. The molecule has 1 unspecified atom stereocenters. The van der Waals surface area contributed by atoms with Crippen molar-refractivity contribution in [2.75, 3.05) is 11.5 Å². The normalized spacial score (nSPS) is 16.2. The molecule has 0 spiro atoms. The molecule has 2 aromatic carbocycles. The molecule has 6 heteroatoms. The predicted octanol–water partition coefficient (Wildman–Crippen LogP) is 5.87. The molecule has 1 atom stereocenters. The van der Waals surface area contributed by atoms with Gasteiger partial charge in [0.1, 0.15) is 5.75 Å². The number of aliphatic hydroxyl groups excluding tert-OH is 1. The average Bonchev–Trinajstić information content (AvgIpc) is 3.40. The maximum atomic E-state index is 13.4. The Hall–Kier alpha value is -3.38. The fourth-order valence-corrected chi connectivity index (χ4v) is 4.45. The molecule has 0 saturated carbocycles. The van der Waals surface area contributed by atoms with Gasteiger partial charge >= 0.3 is 0 Å². The second-order valence-corrected chi connectivity index (χ2v) is 9.21. The molecule has 4 rings (SSSR count). The topological polar surface area (TPSA) is 66.8 Å². The molecular formula is C26H25NO4S. The Morgan fingerprint density at radius 3 is 2.59 bits per heavy atom. The highest BCUT2D eigenvalue weighted by atomic mass is 32.1. The minimum absolute atomic E-state index is 0.0833. The largest absolute Gasteiger partial charge is 0.503 e. The molecule has 164 valence electrons. The van der Waals surface area contributed by atoms with Crippen molar-refractivity contribution < 1.29 is 19.4 Å². The Morgan fingerprint density at radius 2 is 1.91 bits per heavy atom. The number of rotatable bonds is 7. The number of ether oxygens (including phenoxy) is 1. The fraction of sp³-hybridized carbons (Fsp3) is 0.231. The molecule has 2 heterocycles. The van der Waals surface area contributed by atoms with E-state index in [0.717, 1.165) is 5.56 Å². The number of carbonyl (C=O) groups excluding carboxylic acids is 2. The van der Waals surface area contributed by atoms with Gasteiger partial charge in [0.05, 0.1) is 23.1 Å². The number of carbonyl (C=O) groups is 2. The number of benzene rings is 2. The smallest absolute Gasteiger partial charge is 0.294 e. The number of aliphatic hydroxyl groups is 1. The van der Waals surface area contributed by atoms with Gasteiger partial charge in [-0.1, -0.05) is 44.2 Å². The third-order valence-electron chi connectivity index (χ3n) is 5.23. The van der Waals surface area contributed by atoms with Crippen molar-refractivity contribution in [3.8, 4) is 5.75 Å². The molecular weight excluding hydrogens is 422 g/mol. The lowest BCUT2D eigenvalue weighted by molar-refractivity contribution is -0.117. The van der Waals surface area contributed by atoms with Gasteiger partial charge in [0.2, 0.25) is 5.78 Å². The summed E-state index contributed by atoms with van der Waals surface area (Å²) < 4.78 is 5.88. The van der Waals surface area contributed by atoms with E-state index in [1.54, 1.807) is 17.5 Å². The lowest BCUT2D eigenvalue weighted by atomic mass is 9.95.